The quantitative estimate of drug-likeness (QED) is 0.685. The van der Waals surface area contributed by atoms with Crippen LogP contribution in [0.4, 0.5) is 0 Å². The average molecular weight is 289 g/mol. The molecule has 2 heteroatoms. The summed E-state index contributed by atoms with van der Waals surface area (Å²) in [5.41, 5.74) is 4.89. The first-order valence-electron chi connectivity index (χ1n) is 6.95. The van der Waals surface area contributed by atoms with Crippen molar-refractivity contribution in [3.05, 3.63) is 64.7 Å². The molecule has 0 radical (unpaired) electrons. The zero-order valence-corrected chi connectivity index (χ0v) is 13.1. The zero-order valence-electron chi connectivity index (χ0n) is 12.3. The molecule has 0 saturated carbocycles. The van der Waals surface area contributed by atoms with Crippen LogP contribution in [0.25, 0.3) is 0 Å². The highest BCUT2D eigenvalue weighted by Crippen LogP contribution is 2.31. The first-order valence-corrected chi connectivity index (χ1v) is 7.39. The minimum absolute atomic E-state index is 0.0440. The van der Waals surface area contributed by atoms with Gasteiger partial charge < -0.3 is 4.74 Å². The fraction of sp³-hybridized carbons (Fsp3) is 0.333. The van der Waals surface area contributed by atoms with E-state index < -0.39 is 0 Å². The standard InChI is InChI=1S/C18H21ClO/c1-13-9-10-16(18(20-3)14(13)2)11-12-17(19)15-7-5-4-6-8-15/h4-10,17H,11-12H2,1-3H3. The summed E-state index contributed by atoms with van der Waals surface area (Å²) < 4.78 is 5.55. The fourth-order valence-electron chi connectivity index (χ4n) is 2.44. The number of aryl methyl sites for hydroxylation is 2. The summed E-state index contributed by atoms with van der Waals surface area (Å²) in [6.45, 7) is 4.21. The molecule has 0 fully saturated rings. The van der Waals surface area contributed by atoms with Gasteiger partial charge in [0, 0.05) is 0 Å². The summed E-state index contributed by atoms with van der Waals surface area (Å²) in [5.74, 6) is 1.00. The summed E-state index contributed by atoms with van der Waals surface area (Å²) in [6, 6.07) is 14.5. The van der Waals surface area contributed by atoms with Crippen LogP contribution in [-0.2, 0) is 6.42 Å². The molecule has 0 spiro atoms. The van der Waals surface area contributed by atoms with Gasteiger partial charge in [0.25, 0.3) is 0 Å². The third-order valence-corrected chi connectivity index (χ3v) is 4.26. The predicted molar refractivity (Wildman–Crippen MR) is 85.8 cm³/mol. The van der Waals surface area contributed by atoms with Crippen molar-refractivity contribution in [3.63, 3.8) is 0 Å². The molecule has 0 N–H and O–H groups in total. The SMILES string of the molecule is COc1c(CCC(Cl)c2ccccc2)ccc(C)c1C. The molecule has 1 atom stereocenters. The third kappa shape index (κ3) is 3.34. The average Bonchev–Trinajstić information content (AvgIpc) is 2.49. The summed E-state index contributed by atoms with van der Waals surface area (Å²) in [5, 5.41) is 0.0440. The minimum Gasteiger partial charge on any atom is -0.496 e. The third-order valence-electron chi connectivity index (χ3n) is 3.79. The first-order chi connectivity index (χ1) is 9.63. The number of alkyl halides is 1. The molecule has 1 nitrogen and oxygen atoms in total. The van der Waals surface area contributed by atoms with Crippen LogP contribution < -0.4 is 4.74 Å². The predicted octanol–water partition coefficient (Wildman–Crippen LogP) is 5.22. The van der Waals surface area contributed by atoms with Gasteiger partial charge in [0.2, 0.25) is 0 Å². The van der Waals surface area contributed by atoms with Gasteiger partial charge in [-0.2, -0.15) is 0 Å². The Balaban J connectivity index is 2.10. The van der Waals surface area contributed by atoms with Crippen LogP contribution in [0.5, 0.6) is 5.75 Å². The number of benzene rings is 2. The number of hydrogen-bond donors (Lipinski definition) is 0. The van der Waals surface area contributed by atoms with Gasteiger partial charge in [-0.3, -0.25) is 0 Å². The van der Waals surface area contributed by atoms with Gasteiger partial charge in [0.05, 0.1) is 12.5 Å². The van der Waals surface area contributed by atoms with Gasteiger partial charge in [0.15, 0.2) is 0 Å². The van der Waals surface area contributed by atoms with Gasteiger partial charge in [-0.1, -0.05) is 42.5 Å². The molecule has 2 rings (SSSR count). The summed E-state index contributed by atoms with van der Waals surface area (Å²) in [7, 11) is 1.74. The van der Waals surface area contributed by atoms with E-state index in [1.807, 2.05) is 18.2 Å². The monoisotopic (exact) mass is 288 g/mol. The Morgan fingerprint density at radius 2 is 1.75 bits per heavy atom. The second-order valence-corrected chi connectivity index (χ2v) is 5.64. The molecule has 2 aromatic rings. The molecule has 0 heterocycles. The van der Waals surface area contributed by atoms with Crippen LogP contribution in [0, 0.1) is 13.8 Å². The van der Waals surface area contributed by atoms with Crippen molar-refractivity contribution in [2.24, 2.45) is 0 Å². The van der Waals surface area contributed by atoms with Crippen molar-refractivity contribution in [2.45, 2.75) is 32.1 Å². The first kappa shape index (κ1) is 14.9. The maximum atomic E-state index is 6.48. The Labute approximate surface area is 126 Å². The largest absolute Gasteiger partial charge is 0.496 e. The molecular formula is C18H21ClO. The van der Waals surface area contributed by atoms with Crippen LogP contribution in [0.3, 0.4) is 0 Å². The van der Waals surface area contributed by atoms with E-state index in [1.165, 1.54) is 22.3 Å². The molecule has 0 amide bonds. The Kier molecular flexibility index (Phi) is 5.08. The van der Waals surface area contributed by atoms with Gasteiger partial charge >= 0.3 is 0 Å². The molecule has 1 unspecified atom stereocenters. The van der Waals surface area contributed by atoms with E-state index >= 15 is 0 Å². The topological polar surface area (TPSA) is 9.23 Å². The maximum absolute atomic E-state index is 6.48. The van der Waals surface area contributed by atoms with E-state index in [0.717, 1.165) is 18.6 Å². The van der Waals surface area contributed by atoms with Gasteiger partial charge in [-0.25, -0.2) is 0 Å². The van der Waals surface area contributed by atoms with Crippen molar-refractivity contribution < 1.29 is 4.74 Å². The highest BCUT2D eigenvalue weighted by Gasteiger charge is 2.12. The lowest BCUT2D eigenvalue weighted by molar-refractivity contribution is 0.405. The highest BCUT2D eigenvalue weighted by molar-refractivity contribution is 6.20. The molecule has 0 saturated heterocycles. The Bertz CT molecular complexity index is 563. The molecule has 20 heavy (non-hydrogen) atoms. The fourth-order valence-corrected chi connectivity index (χ4v) is 2.69. The minimum atomic E-state index is 0.0440. The maximum Gasteiger partial charge on any atom is 0.125 e. The molecule has 0 aliphatic rings. The molecular weight excluding hydrogens is 268 g/mol. The van der Waals surface area contributed by atoms with Crippen molar-refractivity contribution >= 4 is 11.6 Å². The number of halogens is 1. The number of hydrogen-bond acceptors (Lipinski definition) is 1. The van der Waals surface area contributed by atoms with E-state index in [2.05, 4.69) is 38.1 Å². The highest BCUT2D eigenvalue weighted by atomic mass is 35.5. The summed E-state index contributed by atoms with van der Waals surface area (Å²) in [6.07, 6.45) is 1.83. The lowest BCUT2D eigenvalue weighted by Crippen LogP contribution is -1.99. The van der Waals surface area contributed by atoms with E-state index in [-0.39, 0.29) is 5.38 Å². The van der Waals surface area contributed by atoms with E-state index in [9.17, 15) is 0 Å². The van der Waals surface area contributed by atoms with Crippen molar-refractivity contribution in [1.29, 1.82) is 0 Å². The van der Waals surface area contributed by atoms with Crippen molar-refractivity contribution in [2.75, 3.05) is 7.11 Å². The Morgan fingerprint density at radius 3 is 2.40 bits per heavy atom. The van der Waals surface area contributed by atoms with Crippen molar-refractivity contribution in [3.8, 4) is 5.75 Å². The molecule has 0 aliphatic heterocycles. The lowest BCUT2D eigenvalue weighted by atomic mass is 9.99. The summed E-state index contributed by atoms with van der Waals surface area (Å²) in [4.78, 5) is 0. The van der Waals surface area contributed by atoms with E-state index in [0.29, 0.717) is 0 Å². The molecule has 0 bridgehead atoms. The summed E-state index contributed by atoms with van der Waals surface area (Å²) >= 11 is 6.48. The number of rotatable bonds is 5. The number of methoxy groups -OCH3 is 1. The second-order valence-electron chi connectivity index (χ2n) is 5.12. The number of ether oxygens (including phenoxy) is 1. The van der Waals surface area contributed by atoms with Crippen molar-refractivity contribution in [1.82, 2.24) is 0 Å². The molecule has 2 aromatic carbocycles. The zero-order chi connectivity index (χ0) is 14.5. The Morgan fingerprint density at radius 1 is 1.05 bits per heavy atom. The molecule has 0 aliphatic carbocycles. The van der Waals surface area contributed by atoms with Crippen LogP contribution in [0.2, 0.25) is 0 Å². The van der Waals surface area contributed by atoms with Gasteiger partial charge in [-0.05, 0) is 48.9 Å². The second kappa shape index (κ2) is 6.81. The molecule has 0 aromatic heterocycles. The van der Waals surface area contributed by atoms with Crippen LogP contribution >= 0.6 is 11.6 Å². The van der Waals surface area contributed by atoms with E-state index in [1.54, 1.807) is 7.11 Å². The van der Waals surface area contributed by atoms with Crippen LogP contribution in [0.1, 0.15) is 34.1 Å². The van der Waals surface area contributed by atoms with E-state index in [4.69, 9.17) is 16.3 Å². The van der Waals surface area contributed by atoms with Gasteiger partial charge in [-0.15, -0.1) is 11.6 Å². The smallest absolute Gasteiger partial charge is 0.125 e. The van der Waals surface area contributed by atoms with Gasteiger partial charge in [0.1, 0.15) is 5.75 Å². The van der Waals surface area contributed by atoms with Crippen LogP contribution in [-0.4, -0.2) is 7.11 Å². The normalized spacial score (nSPS) is 12.2. The molecule has 106 valence electrons. The Hall–Kier alpha value is -1.47. The van der Waals surface area contributed by atoms with Crippen LogP contribution in [0.15, 0.2) is 42.5 Å². The lowest BCUT2D eigenvalue weighted by Gasteiger charge is -2.15.